The van der Waals surface area contributed by atoms with Crippen molar-refractivity contribution in [1.29, 1.82) is 0 Å². The van der Waals surface area contributed by atoms with Crippen molar-refractivity contribution in [1.82, 2.24) is 14.8 Å². The van der Waals surface area contributed by atoms with Gasteiger partial charge in [0.1, 0.15) is 12.3 Å². The number of rotatable bonds is 8. The van der Waals surface area contributed by atoms with Crippen LogP contribution in [0.25, 0.3) is 0 Å². The Balaban J connectivity index is 1.40. The van der Waals surface area contributed by atoms with Gasteiger partial charge in [0.2, 0.25) is 11.3 Å². The van der Waals surface area contributed by atoms with E-state index in [9.17, 15) is 9.59 Å². The van der Waals surface area contributed by atoms with Crippen LogP contribution in [0.15, 0.2) is 41.3 Å². The van der Waals surface area contributed by atoms with E-state index in [1.165, 1.54) is 25.6 Å². The fraction of sp³-hybridized carbons (Fsp3) is 0.520. The van der Waals surface area contributed by atoms with E-state index in [0.717, 1.165) is 50.5 Å². The zero-order valence-electron chi connectivity index (χ0n) is 19.6. The van der Waals surface area contributed by atoms with Gasteiger partial charge < -0.3 is 24.3 Å². The summed E-state index contributed by atoms with van der Waals surface area (Å²) in [5, 5.41) is 3.13. The molecule has 0 radical (unpaired) electrons. The fourth-order valence-electron chi connectivity index (χ4n) is 4.71. The predicted molar refractivity (Wildman–Crippen MR) is 128 cm³/mol. The van der Waals surface area contributed by atoms with Crippen molar-refractivity contribution in [3.8, 4) is 11.5 Å². The van der Waals surface area contributed by atoms with Crippen molar-refractivity contribution >= 4 is 11.6 Å². The number of aromatic nitrogens is 1. The number of anilines is 1. The van der Waals surface area contributed by atoms with Gasteiger partial charge in [-0.05, 0) is 37.1 Å². The molecular weight excluding hydrogens is 420 g/mol. The van der Waals surface area contributed by atoms with Crippen LogP contribution in [0.2, 0.25) is 0 Å². The second kappa shape index (κ2) is 10.7. The van der Waals surface area contributed by atoms with E-state index >= 15 is 0 Å². The third-order valence-electron chi connectivity index (χ3n) is 6.63. The molecule has 2 aliphatic rings. The topological polar surface area (TPSA) is 76.0 Å². The van der Waals surface area contributed by atoms with E-state index in [-0.39, 0.29) is 29.7 Å². The van der Waals surface area contributed by atoms with Crippen molar-refractivity contribution in [3.63, 3.8) is 0 Å². The summed E-state index contributed by atoms with van der Waals surface area (Å²) >= 11 is 0. The summed E-state index contributed by atoms with van der Waals surface area (Å²) in [7, 11) is 3.16. The molecule has 8 heteroatoms. The van der Waals surface area contributed by atoms with Crippen molar-refractivity contribution in [2.45, 2.75) is 44.8 Å². The average Bonchev–Trinajstić information content (AvgIpc) is 3.34. The molecule has 4 rings (SSSR count). The first kappa shape index (κ1) is 23.2. The van der Waals surface area contributed by atoms with Crippen LogP contribution in [0, 0.1) is 0 Å². The summed E-state index contributed by atoms with van der Waals surface area (Å²) in [4.78, 5) is 29.8. The third-order valence-corrected chi connectivity index (χ3v) is 6.63. The van der Waals surface area contributed by atoms with Crippen molar-refractivity contribution < 1.29 is 14.3 Å². The number of carbonyl (C=O) groups is 1. The van der Waals surface area contributed by atoms with Crippen molar-refractivity contribution in [2.24, 2.45) is 0 Å². The molecule has 2 heterocycles. The lowest BCUT2D eigenvalue weighted by Gasteiger charge is -2.36. The van der Waals surface area contributed by atoms with Crippen LogP contribution < -0.4 is 25.1 Å². The highest BCUT2D eigenvalue weighted by Crippen LogP contribution is 2.21. The Morgan fingerprint density at radius 3 is 2.36 bits per heavy atom. The van der Waals surface area contributed by atoms with Crippen LogP contribution >= 0.6 is 0 Å². The molecular formula is C25H34N4O4. The minimum Gasteiger partial charge on any atom is -0.497 e. The highest BCUT2D eigenvalue weighted by atomic mass is 16.5. The van der Waals surface area contributed by atoms with E-state index in [1.54, 1.807) is 19.4 Å². The first-order chi connectivity index (χ1) is 16.1. The number of hydrogen-bond donors (Lipinski definition) is 1. The largest absolute Gasteiger partial charge is 0.497 e. The molecule has 2 aromatic rings. The summed E-state index contributed by atoms with van der Waals surface area (Å²) < 4.78 is 12.3. The first-order valence-electron chi connectivity index (χ1n) is 11.7. The second-order valence-corrected chi connectivity index (χ2v) is 8.84. The lowest BCUT2D eigenvalue weighted by atomic mass is 10.2. The number of carbonyl (C=O) groups excluding carboxylic acids is 1. The Morgan fingerprint density at radius 1 is 1.03 bits per heavy atom. The van der Waals surface area contributed by atoms with E-state index in [2.05, 4.69) is 27.2 Å². The Labute approximate surface area is 195 Å². The van der Waals surface area contributed by atoms with Crippen LogP contribution in [0.1, 0.15) is 31.4 Å². The van der Waals surface area contributed by atoms with Gasteiger partial charge in [-0.15, -0.1) is 0 Å². The minimum absolute atomic E-state index is 0.0156. The monoisotopic (exact) mass is 454 g/mol. The molecule has 0 spiro atoms. The molecule has 8 nitrogen and oxygen atoms in total. The molecule has 1 aliphatic carbocycles. The number of piperazine rings is 1. The molecule has 0 unspecified atom stereocenters. The number of ether oxygens (including phenoxy) is 2. The van der Waals surface area contributed by atoms with Gasteiger partial charge in [0.05, 0.1) is 20.4 Å². The van der Waals surface area contributed by atoms with Crippen LogP contribution in [-0.4, -0.2) is 61.8 Å². The maximum absolute atomic E-state index is 12.7. The summed E-state index contributed by atoms with van der Waals surface area (Å²) in [6.45, 7) is 4.35. The Hall–Kier alpha value is -3.00. The van der Waals surface area contributed by atoms with Crippen LogP contribution in [0.5, 0.6) is 11.5 Å². The number of amides is 1. The van der Waals surface area contributed by atoms with Gasteiger partial charge in [-0.25, -0.2) is 0 Å². The molecule has 1 saturated carbocycles. The molecule has 1 N–H and O–H groups in total. The summed E-state index contributed by atoms with van der Waals surface area (Å²) in [5.41, 5.74) is 1.86. The van der Waals surface area contributed by atoms with E-state index in [4.69, 9.17) is 9.47 Å². The maximum Gasteiger partial charge on any atom is 0.240 e. The lowest BCUT2D eigenvalue weighted by Crippen LogP contribution is -2.46. The molecule has 1 amide bonds. The van der Waals surface area contributed by atoms with Crippen LogP contribution in [0.3, 0.4) is 0 Å². The summed E-state index contributed by atoms with van der Waals surface area (Å²) in [6, 6.07) is 10.0. The number of benzene rings is 1. The number of hydrogen-bond acceptors (Lipinski definition) is 6. The van der Waals surface area contributed by atoms with Crippen LogP contribution in [-0.2, 0) is 17.9 Å². The Kier molecular flexibility index (Phi) is 7.54. The highest BCUT2D eigenvalue weighted by Gasteiger charge is 2.21. The SMILES string of the molecule is COc1ccc(N2CCN(Cc3cc(=O)c(OC)cn3CC(=O)NC3CCCC3)CC2)cc1. The molecule has 0 bridgehead atoms. The van der Waals surface area contributed by atoms with Gasteiger partial charge in [0, 0.05) is 56.2 Å². The van der Waals surface area contributed by atoms with Gasteiger partial charge in [0.15, 0.2) is 5.75 Å². The Bertz CT molecular complexity index is 990. The minimum atomic E-state index is -0.156. The van der Waals surface area contributed by atoms with Crippen molar-refractivity contribution in [2.75, 3.05) is 45.3 Å². The number of nitrogens with zero attached hydrogens (tertiary/aromatic N) is 3. The molecule has 1 saturated heterocycles. The normalized spacial score (nSPS) is 17.2. The van der Waals surface area contributed by atoms with Gasteiger partial charge >= 0.3 is 0 Å². The highest BCUT2D eigenvalue weighted by molar-refractivity contribution is 5.76. The lowest BCUT2D eigenvalue weighted by molar-refractivity contribution is -0.122. The fourth-order valence-corrected chi connectivity index (χ4v) is 4.71. The Morgan fingerprint density at radius 2 is 1.73 bits per heavy atom. The summed E-state index contributed by atoms with van der Waals surface area (Å²) in [6.07, 6.45) is 6.10. The third kappa shape index (κ3) is 5.87. The number of methoxy groups -OCH3 is 2. The average molecular weight is 455 g/mol. The first-order valence-corrected chi connectivity index (χ1v) is 11.7. The van der Waals surface area contributed by atoms with Gasteiger partial charge in [-0.1, -0.05) is 12.8 Å². The van der Waals surface area contributed by atoms with Gasteiger partial charge in [0.25, 0.3) is 0 Å². The molecule has 0 atom stereocenters. The smallest absolute Gasteiger partial charge is 0.240 e. The molecule has 2 fully saturated rings. The van der Waals surface area contributed by atoms with Crippen molar-refractivity contribution in [3.05, 3.63) is 52.4 Å². The zero-order valence-corrected chi connectivity index (χ0v) is 19.6. The predicted octanol–water partition coefficient (Wildman–Crippen LogP) is 2.25. The van der Waals surface area contributed by atoms with E-state index < -0.39 is 0 Å². The maximum atomic E-state index is 12.7. The van der Waals surface area contributed by atoms with Gasteiger partial charge in [-0.3, -0.25) is 14.5 Å². The standard InChI is InChI=1S/C25H34N4O4/c1-32-22-9-7-20(8-10-22)28-13-11-27(12-14-28)16-21-15-23(30)24(33-2)17-29(21)18-25(31)26-19-5-3-4-6-19/h7-10,15,17,19H,3-6,11-14,16,18H2,1-2H3,(H,26,31). The number of pyridine rings is 1. The quantitative estimate of drug-likeness (QED) is 0.659. The molecule has 1 aromatic heterocycles. The second-order valence-electron chi connectivity index (χ2n) is 8.84. The molecule has 178 valence electrons. The van der Waals surface area contributed by atoms with Crippen LogP contribution in [0.4, 0.5) is 5.69 Å². The van der Waals surface area contributed by atoms with Gasteiger partial charge in [-0.2, -0.15) is 0 Å². The van der Waals surface area contributed by atoms with E-state index in [0.29, 0.717) is 6.54 Å². The molecule has 1 aromatic carbocycles. The zero-order chi connectivity index (χ0) is 23.2. The number of nitrogens with one attached hydrogen (secondary N) is 1. The van der Waals surface area contributed by atoms with E-state index in [1.807, 2.05) is 16.7 Å². The molecule has 1 aliphatic heterocycles. The summed E-state index contributed by atoms with van der Waals surface area (Å²) in [5.74, 6) is 1.10. The molecule has 33 heavy (non-hydrogen) atoms.